The van der Waals surface area contributed by atoms with E-state index in [4.69, 9.17) is 0 Å². The van der Waals surface area contributed by atoms with Crippen molar-refractivity contribution in [3.8, 4) is 0 Å². The molecule has 13 heavy (non-hydrogen) atoms. The number of amides is 1. The molecule has 1 amide bonds. The maximum absolute atomic E-state index is 11.4. The zero-order chi connectivity index (χ0) is 9.84. The van der Waals surface area contributed by atoms with Crippen LogP contribution in [0.4, 0.5) is 0 Å². The Balaban J connectivity index is 2.39. The summed E-state index contributed by atoms with van der Waals surface area (Å²) < 4.78 is 0. The first-order valence-corrected chi connectivity index (χ1v) is 5.60. The summed E-state index contributed by atoms with van der Waals surface area (Å²) in [5.74, 6) is 0.853. The van der Waals surface area contributed by atoms with Gasteiger partial charge < -0.3 is 5.32 Å². The van der Waals surface area contributed by atoms with E-state index in [-0.39, 0.29) is 23.0 Å². The summed E-state index contributed by atoms with van der Waals surface area (Å²) >= 11 is 1.31. The minimum absolute atomic E-state index is 0.00310. The molecule has 1 N–H and O–H groups in total. The number of thioether (sulfide) groups is 1. The maximum atomic E-state index is 11.4. The number of hydrogen-bond donors (Lipinski definition) is 1. The van der Waals surface area contributed by atoms with Gasteiger partial charge in [0, 0.05) is 11.7 Å². The number of carbonyl (C=O) groups excluding carboxylic acids is 2. The summed E-state index contributed by atoms with van der Waals surface area (Å²) in [6, 6.07) is -0.230. The van der Waals surface area contributed by atoms with Crippen molar-refractivity contribution in [1.82, 2.24) is 5.32 Å². The van der Waals surface area contributed by atoms with E-state index in [1.54, 1.807) is 0 Å². The Morgan fingerprint density at radius 1 is 1.77 bits per heavy atom. The zero-order valence-corrected chi connectivity index (χ0v) is 8.82. The lowest BCUT2D eigenvalue weighted by molar-refractivity contribution is -0.127. The van der Waals surface area contributed by atoms with Crippen molar-refractivity contribution in [3.63, 3.8) is 0 Å². The lowest BCUT2D eigenvalue weighted by Gasteiger charge is -2.13. The highest BCUT2D eigenvalue weighted by molar-refractivity contribution is 8.14. The molecular formula is C9H15NO2S. The second kappa shape index (κ2) is 4.65. The third kappa shape index (κ3) is 2.72. The minimum Gasteiger partial charge on any atom is -0.345 e. The van der Waals surface area contributed by atoms with Gasteiger partial charge in [-0.05, 0) is 12.8 Å². The lowest BCUT2D eigenvalue weighted by atomic mass is 10.1. The highest BCUT2D eigenvalue weighted by Crippen LogP contribution is 2.19. The van der Waals surface area contributed by atoms with Crippen LogP contribution >= 0.6 is 11.8 Å². The van der Waals surface area contributed by atoms with Crippen LogP contribution in [-0.2, 0) is 9.59 Å². The molecule has 0 spiro atoms. The van der Waals surface area contributed by atoms with E-state index in [9.17, 15) is 9.59 Å². The normalized spacial score (nSPS) is 24.5. The number of nitrogens with one attached hydrogen (secondary N) is 1. The van der Waals surface area contributed by atoms with Crippen LogP contribution in [0.5, 0.6) is 0 Å². The third-order valence-electron chi connectivity index (χ3n) is 2.31. The highest BCUT2D eigenvalue weighted by Gasteiger charge is 2.27. The van der Waals surface area contributed by atoms with Crippen LogP contribution in [0.2, 0.25) is 0 Å². The predicted molar refractivity (Wildman–Crippen MR) is 53.5 cm³/mol. The van der Waals surface area contributed by atoms with Gasteiger partial charge in [-0.3, -0.25) is 9.59 Å². The Kier molecular flexibility index (Phi) is 3.78. The molecule has 0 bridgehead atoms. The number of hydrogen-bond acceptors (Lipinski definition) is 3. The van der Waals surface area contributed by atoms with Gasteiger partial charge in [-0.2, -0.15) is 0 Å². The largest absolute Gasteiger partial charge is 0.345 e. The summed E-state index contributed by atoms with van der Waals surface area (Å²) in [4.78, 5) is 22.6. The van der Waals surface area contributed by atoms with Crippen molar-refractivity contribution in [1.29, 1.82) is 0 Å². The molecule has 1 aliphatic heterocycles. The van der Waals surface area contributed by atoms with Gasteiger partial charge in [-0.15, -0.1) is 0 Å². The van der Waals surface area contributed by atoms with Gasteiger partial charge >= 0.3 is 0 Å². The van der Waals surface area contributed by atoms with Gasteiger partial charge in [0.1, 0.15) is 0 Å². The average Bonchev–Trinajstić information content (AvgIpc) is 2.50. The molecule has 0 unspecified atom stereocenters. The van der Waals surface area contributed by atoms with E-state index in [0.717, 1.165) is 18.6 Å². The molecule has 2 atom stereocenters. The first-order chi connectivity index (χ1) is 6.15. The molecule has 0 saturated carbocycles. The van der Waals surface area contributed by atoms with E-state index >= 15 is 0 Å². The zero-order valence-electron chi connectivity index (χ0n) is 8.00. The minimum atomic E-state index is -0.230. The highest BCUT2D eigenvalue weighted by atomic mass is 32.2. The molecule has 0 aromatic carbocycles. The van der Waals surface area contributed by atoms with E-state index in [1.807, 2.05) is 13.8 Å². The van der Waals surface area contributed by atoms with Crippen LogP contribution in [0.15, 0.2) is 0 Å². The van der Waals surface area contributed by atoms with Gasteiger partial charge in [0.25, 0.3) is 0 Å². The Labute approximate surface area is 82.6 Å². The summed E-state index contributed by atoms with van der Waals surface area (Å²) in [5.41, 5.74) is 0. The molecule has 0 aromatic heterocycles. The maximum Gasteiger partial charge on any atom is 0.223 e. The van der Waals surface area contributed by atoms with Crippen molar-refractivity contribution < 1.29 is 9.59 Å². The molecule has 0 aliphatic carbocycles. The molecule has 1 saturated heterocycles. The van der Waals surface area contributed by atoms with Crippen molar-refractivity contribution in [2.24, 2.45) is 5.92 Å². The van der Waals surface area contributed by atoms with Crippen LogP contribution < -0.4 is 5.32 Å². The second-order valence-corrected chi connectivity index (χ2v) is 4.43. The van der Waals surface area contributed by atoms with E-state index in [1.165, 1.54) is 11.8 Å². The molecular weight excluding hydrogens is 186 g/mol. The second-order valence-electron chi connectivity index (χ2n) is 3.33. The molecule has 4 heteroatoms. The molecule has 74 valence electrons. The molecule has 3 nitrogen and oxygen atoms in total. The fraction of sp³-hybridized carbons (Fsp3) is 0.778. The van der Waals surface area contributed by atoms with Crippen LogP contribution in [0, 0.1) is 5.92 Å². The Hall–Kier alpha value is -0.510. The van der Waals surface area contributed by atoms with Crippen LogP contribution in [0.3, 0.4) is 0 Å². The van der Waals surface area contributed by atoms with Gasteiger partial charge in [0.2, 0.25) is 11.0 Å². The predicted octanol–water partition coefficient (Wildman–Crippen LogP) is 1.18. The SMILES string of the molecule is CC[C@H](C)C(=O)N[C@@H]1CCSC1=O. The molecule has 0 radical (unpaired) electrons. The molecule has 0 aromatic rings. The van der Waals surface area contributed by atoms with Crippen LogP contribution in [-0.4, -0.2) is 22.8 Å². The van der Waals surface area contributed by atoms with Crippen molar-refractivity contribution in [2.75, 3.05) is 5.75 Å². The van der Waals surface area contributed by atoms with E-state index < -0.39 is 0 Å². The molecule has 1 rings (SSSR count). The first kappa shape index (κ1) is 10.6. The fourth-order valence-electron chi connectivity index (χ4n) is 1.13. The van der Waals surface area contributed by atoms with Crippen molar-refractivity contribution in [3.05, 3.63) is 0 Å². The smallest absolute Gasteiger partial charge is 0.223 e. The standard InChI is InChI=1S/C9H15NO2S/c1-3-6(2)8(11)10-7-4-5-13-9(7)12/h6-7H,3-5H2,1-2H3,(H,10,11)/t6-,7+/m0/s1. The molecule has 1 fully saturated rings. The number of carbonyl (C=O) groups is 2. The Morgan fingerprint density at radius 2 is 2.46 bits per heavy atom. The third-order valence-corrected chi connectivity index (χ3v) is 3.32. The fourth-order valence-corrected chi connectivity index (χ4v) is 2.06. The molecule has 1 aliphatic rings. The van der Waals surface area contributed by atoms with E-state index in [2.05, 4.69) is 5.32 Å². The number of rotatable bonds is 3. The Morgan fingerprint density at radius 3 is 2.92 bits per heavy atom. The first-order valence-electron chi connectivity index (χ1n) is 4.62. The van der Waals surface area contributed by atoms with Gasteiger partial charge in [0.15, 0.2) is 0 Å². The van der Waals surface area contributed by atoms with E-state index in [0.29, 0.717) is 0 Å². The average molecular weight is 201 g/mol. The monoisotopic (exact) mass is 201 g/mol. The van der Waals surface area contributed by atoms with Gasteiger partial charge in [-0.1, -0.05) is 25.6 Å². The summed E-state index contributed by atoms with van der Waals surface area (Å²) in [6.07, 6.45) is 1.60. The summed E-state index contributed by atoms with van der Waals surface area (Å²) in [5, 5.41) is 2.88. The van der Waals surface area contributed by atoms with Crippen LogP contribution in [0.1, 0.15) is 26.7 Å². The van der Waals surface area contributed by atoms with Crippen molar-refractivity contribution in [2.45, 2.75) is 32.7 Å². The molecule has 1 heterocycles. The lowest BCUT2D eigenvalue weighted by Crippen LogP contribution is -2.39. The summed E-state index contributed by atoms with van der Waals surface area (Å²) in [7, 11) is 0. The van der Waals surface area contributed by atoms with Crippen LogP contribution in [0.25, 0.3) is 0 Å². The van der Waals surface area contributed by atoms with Crippen molar-refractivity contribution >= 4 is 22.8 Å². The Bertz CT molecular complexity index is 218. The topological polar surface area (TPSA) is 46.2 Å². The van der Waals surface area contributed by atoms with Gasteiger partial charge in [0.05, 0.1) is 6.04 Å². The quantitative estimate of drug-likeness (QED) is 0.746. The summed E-state index contributed by atoms with van der Waals surface area (Å²) in [6.45, 7) is 3.84. The van der Waals surface area contributed by atoms with Gasteiger partial charge in [-0.25, -0.2) is 0 Å².